The van der Waals surface area contributed by atoms with Crippen LogP contribution in [0.4, 0.5) is 26.3 Å². The second kappa shape index (κ2) is 15.6. The molecule has 7 nitrogen and oxygen atoms in total. The van der Waals surface area contributed by atoms with Crippen LogP contribution in [-0.4, -0.2) is 53.0 Å². The summed E-state index contributed by atoms with van der Waals surface area (Å²) in [4.78, 5) is 29.3. The van der Waals surface area contributed by atoms with Crippen molar-refractivity contribution in [3.63, 3.8) is 0 Å². The lowest BCUT2D eigenvalue weighted by molar-refractivity contribution is -0.193. The fourth-order valence-corrected chi connectivity index (χ4v) is 2.47. The quantitative estimate of drug-likeness (QED) is 0.368. The van der Waals surface area contributed by atoms with Gasteiger partial charge in [-0.1, -0.05) is 54.1 Å². The number of nitrogens with one attached hydrogen (secondary N) is 1. The first-order valence-corrected chi connectivity index (χ1v) is 10.3. The zero-order valence-corrected chi connectivity index (χ0v) is 19.2. The van der Waals surface area contributed by atoms with Crippen LogP contribution in [0, 0.1) is 0 Å². The van der Waals surface area contributed by atoms with Crippen molar-refractivity contribution in [3.05, 3.63) is 70.7 Å². The number of aryl methyl sites for hydroxylation is 1. The third-order valence-electron chi connectivity index (χ3n) is 4.11. The minimum absolute atomic E-state index is 0.299. The Balaban J connectivity index is 0.000000720. The summed E-state index contributed by atoms with van der Waals surface area (Å²) in [5, 5.41) is 18.2. The summed E-state index contributed by atoms with van der Waals surface area (Å²) >= 11 is 5.86. The van der Waals surface area contributed by atoms with Crippen LogP contribution in [-0.2, 0) is 27.2 Å². The van der Waals surface area contributed by atoms with E-state index in [1.54, 1.807) is 0 Å². The summed E-state index contributed by atoms with van der Waals surface area (Å²) in [6.07, 6.45) is -7.78. The molecule has 1 atom stereocenters. The second-order valence-corrected chi connectivity index (χ2v) is 7.35. The van der Waals surface area contributed by atoms with Gasteiger partial charge in [-0.3, -0.25) is 4.79 Å². The van der Waals surface area contributed by atoms with E-state index in [0.717, 1.165) is 17.9 Å². The average molecular weight is 545 g/mol. The number of benzene rings is 2. The number of aliphatic carboxylic acids is 2. The van der Waals surface area contributed by atoms with Crippen LogP contribution in [0.5, 0.6) is 0 Å². The normalized spacial score (nSPS) is 11.8. The van der Waals surface area contributed by atoms with E-state index in [-0.39, 0.29) is 11.9 Å². The molecule has 0 saturated heterocycles. The van der Waals surface area contributed by atoms with Crippen molar-refractivity contribution in [2.75, 3.05) is 6.54 Å². The molecule has 5 N–H and O–H groups in total. The molecule has 1 unspecified atom stereocenters. The highest BCUT2D eigenvalue weighted by atomic mass is 35.5. The summed E-state index contributed by atoms with van der Waals surface area (Å²) in [6, 6.07) is 17.5. The van der Waals surface area contributed by atoms with Gasteiger partial charge in [0, 0.05) is 5.02 Å². The zero-order chi connectivity index (χ0) is 27.9. The van der Waals surface area contributed by atoms with Gasteiger partial charge in [0.25, 0.3) is 0 Å². The number of carboxylic acid groups (broad SMARTS) is 2. The standard InChI is InChI=1S/C18H21ClN2O.2C2HF3O2/c19-16-9-6-15(7-10-16)12-13-21-17(18(20)22)11-8-14-4-2-1-3-5-14;2*3-2(4,5)1(6)7/h1-7,9-10,17,21H,8,11-13H2,(H2,20,22);2*(H,6,7). The van der Waals surface area contributed by atoms with Gasteiger partial charge in [0.1, 0.15) is 0 Å². The molecule has 200 valence electrons. The molecule has 36 heavy (non-hydrogen) atoms. The van der Waals surface area contributed by atoms with E-state index in [1.807, 2.05) is 42.5 Å². The van der Waals surface area contributed by atoms with Crippen LogP contribution in [0.25, 0.3) is 0 Å². The largest absolute Gasteiger partial charge is 0.490 e. The van der Waals surface area contributed by atoms with Gasteiger partial charge < -0.3 is 21.3 Å². The number of amides is 1. The monoisotopic (exact) mass is 544 g/mol. The molecular weight excluding hydrogens is 522 g/mol. The lowest BCUT2D eigenvalue weighted by Gasteiger charge is -2.15. The Kier molecular flexibility index (Phi) is 14.2. The Labute approximate surface area is 206 Å². The van der Waals surface area contributed by atoms with Gasteiger partial charge in [0.05, 0.1) is 6.04 Å². The van der Waals surface area contributed by atoms with Crippen LogP contribution < -0.4 is 11.1 Å². The molecule has 0 aliphatic carbocycles. The first kappa shape index (κ1) is 32.7. The van der Waals surface area contributed by atoms with E-state index in [9.17, 15) is 31.1 Å². The lowest BCUT2D eigenvalue weighted by atomic mass is 10.0. The molecule has 0 heterocycles. The first-order chi connectivity index (χ1) is 16.5. The summed E-state index contributed by atoms with van der Waals surface area (Å²) in [5.74, 6) is -5.81. The third-order valence-corrected chi connectivity index (χ3v) is 4.36. The number of primary amides is 1. The predicted octanol–water partition coefficient (Wildman–Crippen LogP) is 4.23. The van der Waals surface area contributed by atoms with Crippen molar-refractivity contribution >= 4 is 29.4 Å². The van der Waals surface area contributed by atoms with Crippen LogP contribution in [0.15, 0.2) is 54.6 Å². The molecule has 1 amide bonds. The molecule has 0 aliphatic heterocycles. The summed E-state index contributed by atoms with van der Waals surface area (Å²) < 4.78 is 63.5. The first-order valence-electron chi connectivity index (χ1n) is 9.95. The molecule has 0 fully saturated rings. The van der Waals surface area contributed by atoms with Crippen LogP contribution in [0.3, 0.4) is 0 Å². The molecule has 14 heteroatoms. The lowest BCUT2D eigenvalue weighted by Crippen LogP contribution is -2.42. The number of carbonyl (C=O) groups excluding carboxylic acids is 1. The van der Waals surface area contributed by atoms with Gasteiger partial charge in [0.2, 0.25) is 5.91 Å². The fraction of sp³-hybridized carbons (Fsp3) is 0.318. The number of carbonyl (C=O) groups is 3. The Morgan fingerprint density at radius 1 is 0.806 bits per heavy atom. The highest BCUT2D eigenvalue weighted by molar-refractivity contribution is 6.30. The Hall–Kier alpha value is -3.32. The van der Waals surface area contributed by atoms with Crippen molar-refractivity contribution in [2.24, 2.45) is 5.73 Å². The molecule has 0 saturated carbocycles. The van der Waals surface area contributed by atoms with Gasteiger partial charge in [0.15, 0.2) is 0 Å². The second-order valence-electron chi connectivity index (χ2n) is 6.92. The van der Waals surface area contributed by atoms with Gasteiger partial charge in [-0.25, -0.2) is 9.59 Å². The van der Waals surface area contributed by atoms with Crippen molar-refractivity contribution in [2.45, 2.75) is 37.7 Å². The smallest absolute Gasteiger partial charge is 0.475 e. The number of hydrogen-bond acceptors (Lipinski definition) is 4. The van der Waals surface area contributed by atoms with Crippen molar-refractivity contribution in [1.82, 2.24) is 5.32 Å². The molecule has 2 aromatic rings. The molecule has 0 aromatic heterocycles. The van der Waals surface area contributed by atoms with Gasteiger partial charge >= 0.3 is 24.3 Å². The number of halogens is 7. The molecular formula is C22H23ClF6N2O5. The number of carboxylic acids is 2. The van der Waals surface area contributed by atoms with E-state index in [2.05, 4.69) is 17.4 Å². The molecule has 2 aromatic carbocycles. The maximum absolute atomic E-state index is 11.6. The highest BCUT2D eigenvalue weighted by Crippen LogP contribution is 2.14. The summed E-state index contributed by atoms with van der Waals surface area (Å²) in [5.41, 5.74) is 7.88. The highest BCUT2D eigenvalue weighted by Gasteiger charge is 2.38. The van der Waals surface area contributed by atoms with E-state index in [1.165, 1.54) is 11.1 Å². The van der Waals surface area contributed by atoms with E-state index < -0.39 is 24.3 Å². The van der Waals surface area contributed by atoms with Gasteiger partial charge in [-0.2, -0.15) is 26.3 Å². The fourth-order valence-electron chi connectivity index (χ4n) is 2.34. The van der Waals surface area contributed by atoms with E-state index in [0.29, 0.717) is 13.0 Å². The molecule has 0 aliphatic rings. The summed E-state index contributed by atoms with van der Waals surface area (Å²) in [7, 11) is 0. The summed E-state index contributed by atoms with van der Waals surface area (Å²) in [6.45, 7) is 0.712. The number of alkyl halides is 6. The maximum Gasteiger partial charge on any atom is 0.490 e. The third kappa shape index (κ3) is 15.6. The Morgan fingerprint density at radius 3 is 1.61 bits per heavy atom. The number of nitrogens with two attached hydrogens (primary N) is 1. The Morgan fingerprint density at radius 2 is 1.22 bits per heavy atom. The minimum Gasteiger partial charge on any atom is -0.475 e. The van der Waals surface area contributed by atoms with Gasteiger partial charge in [-0.15, -0.1) is 0 Å². The SMILES string of the molecule is NC(=O)C(CCc1ccccc1)NCCc1ccc(Cl)cc1.O=C(O)C(F)(F)F.O=C(O)C(F)(F)F. The maximum atomic E-state index is 11.6. The molecule has 0 bridgehead atoms. The average Bonchev–Trinajstić information content (AvgIpc) is 2.77. The Bertz CT molecular complexity index is 930. The molecule has 0 radical (unpaired) electrons. The van der Waals surface area contributed by atoms with Crippen LogP contribution >= 0.6 is 11.6 Å². The number of hydrogen-bond donors (Lipinski definition) is 4. The van der Waals surface area contributed by atoms with Crippen LogP contribution in [0.1, 0.15) is 17.5 Å². The topological polar surface area (TPSA) is 130 Å². The minimum atomic E-state index is -5.08. The van der Waals surface area contributed by atoms with E-state index in [4.69, 9.17) is 37.1 Å². The van der Waals surface area contributed by atoms with Crippen molar-refractivity contribution in [1.29, 1.82) is 0 Å². The van der Waals surface area contributed by atoms with Crippen molar-refractivity contribution < 1.29 is 50.9 Å². The van der Waals surface area contributed by atoms with Crippen LogP contribution in [0.2, 0.25) is 5.02 Å². The molecule has 2 rings (SSSR count). The van der Waals surface area contributed by atoms with E-state index >= 15 is 0 Å². The number of rotatable bonds is 8. The predicted molar refractivity (Wildman–Crippen MR) is 118 cm³/mol. The van der Waals surface area contributed by atoms with Gasteiger partial charge in [-0.05, 0) is 49.1 Å². The molecule has 0 spiro atoms. The van der Waals surface area contributed by atoms with Crippen molar-refractivity contribution in [3.8, 4) is 0 Å². The zero-order valence-electron chi connectivity index (χ0n) is 18.4.